The van der Waals surface area contributed by atoms with Gasteiger partial charge >= 0.3 is 0 Å². The van der Waals surface area contributed by atoms with E-state index >= 15 is 0 Å². The maximum absolute atomic E-state index is 12.6. The van der Waals surface area contributed by atoms with Crippen molar-refractivity contribution < 1.29 is 9.59 Å². The molecule has 0 unspecified atom stereocenters. The first kappa shape index (κ1) is 19.1. The highest BCUT2D eigenvalue weighted by atomic mass is 16.2. The summed E-state index contributed by atoms with van der Waals surface area (Å²) in [6.45, 7) is 6.76. The van der Waals surface area contributed by atoms with Crippen LogP contribution in [0.5, 0.6) is 0 Å². The zero-order valence-corrected chi connectivity index (χ0v) is 15.3. The Morgan fingerprint density at radius 1 is 1.08 bits per heavy atom. The Hall–Kier alpha value is -2.28. The third-order valence-corrected chi connectivity index (χ3v) is 4.48. The van der Waals surface area contributed by atoms with Crippen LogP contribution in [-0.2, 0) is 11.2 Å². The fraction of sp³-hybridized carbons (Fsp3) is 0.524. The minimum Gasteiger partial charge on any atom is -0.339 e. The van der Waals surface area contributed by atoms with Gasteiger partial charge in [0.25, 0.3) is 5.91 Å². The molecule has 2 amide bonds. The van der Waals surface area contributed by atoms with Gasteiger partial charge in [-0.3, -0.25) is 9.59 Å². The van der Waals surface area contributed by atoms with Gasteiger partial charge in [0.15, 0.2) is 0 Å². The van der Waals surface area contributed by atoms with E-state index in [1.54, 1.807) is 0 Å². The number of unbranched alkanes of at least 4 members (excludes halogenated alkanes) is 1. The molecule has 1 saturated heterocycles. The Kier molecular flexibility index (Phi) is 7.06. The third kappa shape index (κ3) is 5.63. The summed E-state index contributed by atoms with van der Waals surface area (Å²) < 4.78 is 0. The Balaban J connectivity index is 1.84. The van der Waals surface area contributed by atoms with Gasteiger partial charge in [-0.2, -0.15) is 0 Å². The second-order valence-electron chi connectivity index (χ2n) is 7.03. The number of hydrogen-bond acceptors (Lipinski definition) is 2. The Bertz CT molecular complexity index is 620. The van der Waals surface area contributed by atoms with E-state index in [9.17, 15) is 9.59 Å². The van der Waals surface area contributed by atoms with Crippen molar-refractivity contribution >= 4 is 11.8 Å². The van der Waals surface area contributed by atoms with Crippen LogP contribution in [0.3, 0.4) is 0 Å². The molecule has 0 spiro atoms. The van der Waals surface area contributed by atoms with Gasteiger partial charge in [0, 0.05) is 44.6 Å². The maximum atomic E-state index is 12.6. The molecule has 0 bridgehead atoms. The van der Waals surface area contributed by atoms with Crippen molar-refractivity contribution in [1.82, 2.24) is 9.80 Å². The molecule has 0 N–H and O–H groups in total. The summed E-state index contributed by atoms with van der Waals surface area (Å²) in [6.07, 6.45) is 8.10. The van der Waals surface area contributed by atoms with Crippen LogP contribution in [0.2, 0.25) is 0 Å². The lowest BCUT2D eigenvalue weighted by Gasteiger charge is -2.35. The summed E-state index contributed by atoms with van der Waals surface area (Å²) >= 11 is 0. The summed E-state index contributed by atoms with van der Waals surface area (Å²) in [6, 6.07) is 7.91. The third-order valence-electron chi connectivity index (χ3n) is 4.48. The fourth-order valence-electron chi connectivity index (χ4n) is 3.10. The first-order valence-electron chi connectivity index (χ1n) is 9.10. The van der Waals surface area contributed by atoms with Crippen LogP contribution in [-0.4, -0.2) is 47.8 Å². The van der Waals surface area contributed by atoms with Gasteiger partial charge in [0.1, 0.15) is 0 Å². The average Bonchev–Trinajstić information content (AvgIpc) is 2.61. The number of carbonyl (C=O) groups is 2. The summed E-state index contributed by atoms with van der Waals surface area (Å²) in [4.78, 5) is 28.4. The lowest BCUT2D eigenvalue weighted by molar-refractivity contribution is -0.132. The minimum atomic E-state index is 0.0514. The Labute approximate surface area is 151 Å². The highest BCUT2D eigenvalue weighted by Crippen LogP contribution is 2.13. The van der Waals surface area contributed by atoms with Gasteiger partial charge in [-0.15, -0.1) is 12.3 Å². The van der Waals surface area contributed by atoms with Gasteiger partial charge in [-0.25, -0.2) is 0 Å². The Morgan fingerprint density at radius 3 is 2.24 bits per heavy atom. The highest BCUT2D eigenvalue weighted by molar-refractivity contribution is 5.94. The summed E-state index contributed by atoms with van der Waals surface area (Å²) in [5, 5.41) is 0. The van der Waals surface area contributed by atoms with Crippen LogP contribution in [0.4, 0.5) is 0 Å². The molecule has 0 aliphatic carbocycles. The van der Waals surface area contributed by atoms with Crippen molar-refractivity contribution in [2.24, 2.45) is 5.92 Å². The van der Waals surface area contributed by atoms with Crippen molar-refractivity contribution in [1.29, 1.82) is 0 Å². The monoisotopic (exact) mass is 340 g/mol. The normalized spacial score (nSPS) is 14.5. The van der Waals surface area contributed by atoms with Gasteiger partial charge in [0.2, 0.25) is 5.91 Å². The number of benzene rings is 1. The van der Waals surface area contributed by atoms with Crippen molar-refractivity contribution in [3.63, 3.8) is 0 Å². The molecular formula is C21H28N2O2. The molecule has 1 heterocycles. The standard InChI is InChI=1S/C21H28N2O2/c1-4-5-6-7-20(24)22-12-14-23(15-13-22)21(25)19-10-8-18(9-11-19)16-17(2)3/h1,8-11,17H,5-7,12-16H2,2-3H3. The van der Waals surface area contributed by atoms with E-state index in [-0.39, 0.29) is 11.8 Å². The predicted octanol–water partition coefficient (Wildman–Crippen LogP) is 2.97. The molecule has 4 heteroatoms. The second-order valence-corrected chi connectivity index (χ2v) is 7.03. The van der Waals surface area contributed by atoms with Gasteiger partial charge in [-0.1, -0.05) is 26.0 Å². The molecule has 0 atom stereocenters. The molecule has 1 aliphatic rings. The fourth-order valence-corrected chi connectivity index (χ4v) is 3.10. The van der Waals surface area contributed by atoms with Crippen molar-refractivity contribution in [2.75, 3.05) is 26.2 Å². The zero-order valence-electron chi connectivity index (χ0n) is 15.3. The molecule has 25 heavy (non-hydrogen) atoms. The van der Waals surface area contributed by atoms with E-state index in [4.69, 9.17) is 6.42 Å². The van der Waals surface area contributed by atoms with E-state index in [0.29, 0.717) is 44.9 Å². The quantitative estimate of drug-likeness (QED) is 0.590. The summed E-state index contributed by atoms with van der Waals surface area (Å²) in [5.74, 6) is 3.35. The largest absolute Gasteiger partial charge is 0.339 e. The van der Waals surface area contributed by atoms with Crippen LogP contribution in [0.1, 0.15) is 49.0 Å². The number of nitrogens with zero attached hydrogens (tertiary/aromatic N) is 2. The van der Waals surface area contributed by atoms with E-state index in [1.807, 2.05) is 34.1 Å². The van der Waals surface area contributed by atoms with Crippen molar-refractivity contribution in [3.05, 3.63) is 35.4 Å². The van der Waals surface area contributed by atoms with E-state index < -0.39 is 0 Å². The number of terminal acetylenes is 1. The molecule has 1 aliphatic heterocycles. The van der Waals surface area contributed by atoms with E-state index in [0.717, 1.165) is 18.4 Å². The SMILES string of the molecule is C#CCCCC(=O)N1CCN(C(=O)c2ccc(CC(C)C)cc2)CC1. The van der Waals surface area contributed by atoms with Crippen LogP contribution in [0, 0.1) is 18.3 Å². The van der Waals surface area contributed by atoms with Gasteiger partial charge in [0.05, 0.1) is 0 Å². The van der Waals surface area contributed by atoms with Crippen LogP contribution >= 0.6 is 0 Å². The summed E-state index contributed by atoms with van der Waals surface area (Å²) in [7, 11) is 0. The smallest absolute Gasteiger partial charge is 0.253 e. The van der Waals surface area contributed by atoms with Gasteiger partial charge in [-0.05, 0) is 36.5 Å². The summed E-state index contributed by atoms with van der Waals surface area (Å²) in [5.41, 5.74) is 1.98. The number of carbonyl (C=O) groups excluding carboxylic acids is 2. The Morgan fingerprint density at radius 2 is 1.68 bits per heavy atom. The molecule has 2 rings (SSSR count). The van der Waals surface area contributed by atoms with Crippen LogP contribution in [0.15, 0.2) is 24.3 Å². The first-order chi connectivity index (χ1) is 12.0. The topological polar surface area (TPSA) is 40.6 Å². The van der Waals surface area contributed by atoms with Crippen molar-refractivity contribution in [3.8, 4) is 12.3 Å². The molecular weight excluding hydrogens is 312 g/mol. The molecule has 0 saturated carbocycles. The average molecular weight is 340 g/mol. The second kappa shape index (κ2) is 9.27. The number of amides is 2. The number of piperazine rings is 1. The van der Waals surface area contributed by atoms with E-state index in [1.165, 1.54) is 5.56 Å². The molecule has 1 aromatic carbocycles. The molecule has 134 valence electrons. The number of hydrogen-bond donors (Lipinski definition) is 0. The van der Waals surface area contributed by atoms with Crippen LogP contribution < -0.4 is 0 Å². The molecule has 4 nitrogen and oxygen atoms in total. The first-order valence-corrected chi connectivity index (χ1v) is 9.10. The molecule has 0 radical (unpaired) electrons. The van der Waals surface area contributed by atoms with Crippen molar-refractivity contribution in [2.45, 2.75) is 39.5 Å². The lowest BCUT2D eigenvalue weighted by atomic mass is 10.0. The molecule has 1 aromatic rings. The maximum Gasteiger partial charge on any atom is 0.253 e. The highest BCUT2D eigenvalue weighted by Gasteiger charge is 2.24. The lowest BCUT2D eigenvalue weighted by Crippen LogP contribution is -2.50. The van der Waals surface area contributed by atoms with E-state index in [2.05, 4.69) is 19.8 Å². The zero-order chi connectivity index (χ0) is 18.2. The van der Waals surface area contributed by atoms with Gasteiger partial charge < -0.3 is 9.80 Å². The predicted molar refractivity (Wildman–Crippen MR) is 100 cm³/mol. The molecule has 0 aromatic heterocycles. The molecule has 1 fully saturated rings. The number of rotatable bonds is 6. The van der Waals surface area contributed by atoms with Crippen LogP contribution in [0.25, 0.3) is 0 Å². The minimum absolute atomic E-state index is 0.0514.